The van der Waals surface area contributed by atoms with Crippen molar-refractivity contribution in [3.05, 3.63) is 0 Å². The summed E-state index contributed by atoms with van der Waals surface area (Å²) >= 11 is 0. The SMILES string of the molecule is COC(=O)N[C@H]1C[C@H](OC)O[C@@H](C)[C@H]1O. The van der Waals surface area contributed by atoms with Gasteiger partial charge in [-0.25, -0.2) is 4.79 Å². The third kappa shape index (κ3) is 3.05. The van der Waals surface area contributed by atoms with Crippen molar-refractivity contribution in [2.75, 3.05) is 14.2 Å². The van der Waals surface area contributed by atoms with E-state index in [9.17, 15) is 9.90 Å². The van der Waals surface area contributed by atoms with Crippen LogP contribution in [0, 0.1) is 0 Å². The van der Waals surface area contributed by atoms with Crippen molar-refractivity contribution in [2.45, 2.75) is 37.9 Å². The zero-order valence-corrected chi connectivity index (χ0v) is 9.10. The molecule has 0 aromatic rings. The molecule has 0 saturated carbocycles. The number of aliphatic hydroxyl groups excluding tert-OH is 1. The van der Waals surface area contributed by atoms with Crippen molar-refractivity contribution in [1.82, 2.24) is 5.32 Å². The molecule has 0 bridgehead atoms. The molecule has 0 spiro atoms. The fourth-order valence-corrected chi connectivity index (χ4v) is 1.56. The van der Waals surface area contributed by atoms with E-state index in [1.165, 1.54) is 14.2 Å². The first kappa shape index (κ1) is 12.2. The largest absolute Gasteiger partial charge is 0.453 e. The highest BCUT2D eigenvalue weighted by Crippen LogP contribution is 2.20. The number of hydrogen-bond donors (Lipinski definition) is 2. The Morgan fingerprint density at radius 3 is 2.73 bits per heavy atom. The van der Waals surface area contributed by atoms with E-state index in [4.69, 9.17) is 9.47 Å². The van der Waals surface area contributed by atoms with Crippen LogP contribution >= 0.6 is 0 Å². The van der Waals surface area contributed by atoms with E-state index in [-0.39, 0.29) is 6.10 Å². The van der Waals surface area contributed by atoms with Gasteiger partial charge >= 0.3 is 6.09 Å². The normalized spacial score (nSPS) is 36.0. The smallest absolute Gasteiger partial charge is 0.407 e. The van der Waals surface area contributed by atoms with Crippen LogP contribution in [0.1, 0.15) is 13.3 Å². The second kappa shape index (κ2) is 5.29. The molecule has 88 valence electrons. The lowest BCUT2D eigenvalue weighted by atomic mass is 10.00. The third-order valence-electron chi connectivity index (χ3n) is 2.46. The van der Waals surface area contributed by atoms with Gasteiger partial charge in [-0.1, -0.05) is 0 Å². The van der Waals surface area contributed by atoms with E-state index in [1.807, 2.05) is 0 Å². The van der Waals surface area contributed by atoms with Crippen molar-refractivity contribution >= 4 is 6.09 Å². The highest BCUT2D eigenvalue weighted by Gasteiger charge is 2.36. The number of aliphatic hydroxyl groups is 1. The van der Waals surface area contributed by atoms with Gasteiger partial charge in [0.15, 0.2) is 6.29 Å². The van der Waals surface area contributed by atoms with Crippen LogP contribution in [0.15, 0.2) is 0 Å². The summed E-state index contributed by atoms with van der Waals surface area (Å²) in [6.45, 7) is 1.72. The van der Waals surface area contributed by atoms with Crippen LogP contribution in [0.2, 0.25) is 0 Å². The Bertz CT molecular complexity index is 223. The number of carbonyl (C=O) groups is 1. The summed E-state index contributed by atoms with van der Waals surface area (Å²) in [5.41, 5.74) is 0. The summed E-state index contributed by atoms with van der Waals surface area (Å²) in [5, 5.41) is 12.3. The van der Waals surface area contributed by atoms with Crippen molar-refractivity contribution in [2.24, 2.45) is 0 Å². The number of ether oxygens (including phenoxy) is 3. The quantitative estimate of drug-likeness (QED) is 0.675. The molecule has 1 amide bonds. The molecule has 1 rings (SSSR count). The number of carbonyl (C=O) groups excluding carboxylic acids is 1. The van der Waals surface area contributed by atoms with Crippen LogP contribution in [-0.2, 0) is 14.2 Å². The molecule has 0 aliphatic carbocycles. The zero-order chi connectivity index (χ0) is 11.4. The molecule has 6 heteroatoms. The number of amides is 1. The third-order valence-corrected chi connectivity index (χ3v) is 2.46. The van der Waals surface area contributed by atoms with Crippen molar-refractivity contribution in [3.63, 3.8) is 0 Å². The first-order chi connectivity index (χ1) is 7.08. The van der Waals surface area contributed by atoms with Gasteiger partial charge in [0, 0.05) is 13.5 Å². The number of nitrogens with one attached hydrogen (secondary N) is 1. The second-order valence-corrected chi connectivity index (χ2v) is 3.48. The van der Waals surface area contributed by atoms with Crippen molar-refractivity contribution in [1.29, 1.82) is 0 Å². The molecule has 0 aromatic carbocycles. The Kier molecular flexibility index (Phi) is 4.31. The van der Waals surface area contributed by atoms with Crippen molar-refractivity contribution < 1.29 is 24.1 Å². The van der Waals surface area contributed by atoms with Crippen LogP contribution in [-0.4, -0.2) is 50.0 Å². The topological polar surface area (TPSA) is 77.0 Å². The average Bonchev–Trinajstić information content (AvgIpc) is 2.24. The summed E-state index contributed by atoms with van der Waals surface area (Å²) in [6, 6.07) is -0.411. The van der Waals surface area contributed by atoms with Gasteiger partial charge in [-0.05, 0) is 6.92 Å². The lowest BCUT2D eigenvalue weighted by molar-refractivity contribution is -0.214. The molecule has 0 unspecified atom stereocenters. The Hall–Kier alpha value is -0.850. The minimum atomic E-state index is -0.754. The summed E-state index contributed by atoms with van der Waals surface area (Å²) < 4.78 is 14.8. The van der Waals surface area contributed by atoms with E-state index in [0.29, 0.717) is 6.42 Å². The van der Waals surface area contributed by atoms with Crippen molar-refractivity contribution in [3.8, 4) is 0 Å². The molecule has 1 saturated heterocycles. The molecule has 1 aliphatic rings. The van der Waals surface area contributed by atoms with Gasteiger partial charge in [0.1, 0.15) is 6.10 Å². The molecule has 0 aromatic heterocycles. The number of hydrogen-bond acceptors (Lipinski definition) is 5. The predicted molar refractivity (Wildman–Crippen MR) is 51.3 cm³/mol. The first-order valence-corrected chi connectivity index (χ1v) is 4.79. The first-order valence-electron chi connectivity index (χ1n) is 4.79. The molecule has 1 aliphatic heterocycles. The molecule has 0 radical (unpaired) electrons. The summed E-state index contributed by atoms with van der Waals surface area (Å²) in [5.74, 6) is 0. The minimum absolute atomic E-state index is 0.383. The lowest BCUT2D eigenvalue weighted by Gasteiger charge is -2.37. The van der Waals surface area contributed by atoms with E-state index < -0.39 is 24.5 Å². The fraction of sp³-hybridized carbons (Fsp3) is 0.889. The van der Waals surface area contributed by atoms with Gasteiger partial charge in [-0.3, -0.25) is 0 Å². The minimum Gasteiger partial charge on any atom is -0.453 e. The number of alkyl carbamates (subject to hydrolysis) is 1. The van der Waals surface area contributed by atoms with Gasteiger partial charge in [-0.2, -0.15) is 0 Å². The summed E-state index contributed by atoms with van der Waals surface area (Å²) in [6.07, 6.45) is -1.72. The maximum atomic E-state index is 11.0. The van der Waals surface area contributed by atoms with Gasteiger partial charge < -0.3 is 24.6 Å². The second-order valence-electron chi connectivity index (χ2n) is 3.48. The van der Waals surface area contributed by atoms with Gasteiger partial charge in [-0.15, -0.1) is 0 Å². The standard InChI is InChI=1S/C9H17NO5/c1-5-8(11)6(10-9(12)14-3)4-7(13-2)15-5/h5-8,11H,4H2,1-3H3,(H,10,12)/t5-,6-,7+,8+/m0/s1. The molecular formula is C9H17NO5. The van der Waals surface area contributed by atoms with Crippen LogP contribution < -0.4 is 5.32 Å². The Morgan fingerprint density at radius 1 is 1.53 bits per heavy atom. The maximum absolute atomic E-state index is 11.0. The van der Waals surface area contributed by atoms with Gasteiger partial charge in [0.2, 0.25) is 0 Å². The van der Waals surface area contributed by atoms with Crippen LogP contribution in [0.25, 0.3) is 0 Å². The molecule has 2 N–H and O–H groups in total. The summed E-state index contributed by atoms with van der Waals surface area (Å²) in [4.78, 5) is 11.0. The fourth-order valence-electron chi connectivity index (χ4n) is 1.56. The highest BCUT2D eigenvalue weighted by molar-refractivity contribution is 5.67. The molecule has 1 fully saturated rings. The molecule has 1 heterocycles. The Morgan fingerprint density at radius 2 is 2.20 bits per heavy atom. The maximum Gasteiger partial charge on any atom is 0.407 e. The van der Waals surface area contributed by atoms with E-state index in [1.54, 1.807) is 6.92 Å². The molecule has 15 heavy (non-hydrogen) atoms. The van der Waals surface area contributed by atoms with E-state index >= 15 is 0 Å². The Balaban J connectivity index is 2.56. The number of methoxy groups -OCH3 is 2. The van der Waals surface area contributed by atoms with Crippen LogP contribution in [0.4, 0.5) is 4.79 Å². The monoisotopic (exact) mass is 219 g/mol. The number of rotatable bonds is 2. The Labute approximate surface area is 88.5 Å². The molecule has 6 nitrogen and oxygen atoms in total. The highest BCUT2D eigenvalue weighted by atomic mass is 16.7. The summed E-state index contributed by atoms with van der Waals surface area (Å²) in [7, 11) is 2.79. The zero-order valence-electron chi connectivity index (χ0n) is 9.10. The van der Waals surface area contributed by atoms with Gasteiger partial charge in [0.05, 0.1) is 19.3 Å². The van der Waals surface area contributed by atoms with Crippen LogP contribution in [0.3, 0.4) is 0 Å². The van der Waals surface area contributed by atoms with E-state index in [0.717, 1.165) is 0 Å². The molecular weight excluding hydrogens is 202 g/mol. The predicted octanol–water partition coefficient (Wildman–Crippen LogP) is -0.147. The van der Waals surface area contributed by atoms with E-state index in [2.05, 4.69) is 10.1 Å². The van der Waals surface area contributed by atoms with Crippen LogP contribution in [0.5, 0.6) is 0 Å². The average molecular weight is 219 g/mol. The lowest BCUT2D eigenvalue weighted by Crippen LogP contribution is -2.55. The van der Waals surface area contributed by atoms with Gasteiger partial charge in [0.25, 0.3) is 0 Å². The molecule has 4 atom stereocenters.